The molecule has 0 saturated heterocycles. The van der Waals surface area contributed by atoms with Gasteiger partial charge in [-0.15, -0.1) is 0 Å². The zero-order valence-corrected chi connectivity index (χ0v) is 7.67. The predicted molar refractivity (Wildman–Crippen MR) is 25.2 cm³/mol. The van der Waals surface area contributed by atoms with Gasteiger partial charge in [0.15, 0.2) is 0 Å². The van der Waals surface area contributed by atoms with Crippen LogP contribution in [0.1, 0.15) is 0 Å². The molecular formula is H4O7P2Rh. The number of phosphoric acid groups is 2. The summed E-state index contributed by atoms with van der Waals surface area (Å²) in [4.78, 5) is 31.0. The van der Waals surface area contributed by atoms with Gasteiger partial charge in [-0.1, -0.05) is 0 Å². The maximum absolute atomic E-state index is 9.63. The van der Waals surface area contributed by atoms with Gasteiger partial charge in [0.25, 0.3) is 0 Å². The summed E-state index contributed by atoms with van der Waals surface area (Å²) in [5.74, 6) is 0. The predicted octanol–water partition coefficient (Wildman–Crippen LogP) is -0.814. The van der Waals surface area contributed by atoms with E-state index < -0.39 is 15.6 Å². The van der Waals surface area contributed by atoms with E-state index in [1.807, 2.05) is 0 Å². The summed E-state index contributed by atoms with van der Waals surface area (Å²) in [6.45, 7) is 0. The maximum Gasteiger partial charge on any atom is 0.478 e. The van der Waals surface area contributed by atoms with E-state index in [4.69, 9.17) is 19.6 Å². The van der Waals surface area contributed by atoms with E-state index in [0.29, 0.717) is 0 Å². The Morgan fingerprint density at radius 1 is 0.900 bits per heavy atom. The molecule has 0 aromatic rings. The molecule has 0 aromatic carbocycles. The van der Waals surface area contributed by atoms with Gasteiger partial charge < -0.3 is 19.6 Å². The first-order valence-electron chi connectivity index (χ1n) is 1.53. The average molecular weight is 281 g/mol. The van der Waals surface area contributed by atoms with Gasteiger partial charge in [-0.3, -0.25) is 0 Å². The normalized spacial score (nSPS) is 12.4. The summed E-state index contributed by atoms with van der Waals surface area (Å²) in [5, 5.41) is 0. The van der Waals surface area contributed by atoms with E-state index in [0.717, 1.165) is 0 Å². The van der Waals surface area contributed by atoms with Gasteiger partial charge in [-0.25, -0.2) is 9.13 Å². The van der Waals surface area contributed by atoms with Crippen molar-refractivity contribution in [2.75, 3.05) is 0 Å². The van der Waals surface area contributed by atoms with Crippen LogP contribution in [0.25, 0.3) is 0 Å². The number of hydrogen-bond acceptors (Lipinski definition) is 3. The third kappa shape index (κ3) is 11.7. The van der Waals surface area contributed by atoms with Crippen LogP contribution in [0.15, 0.2) is 0 Å². The van der Waals surface area contributed by atoms with Gasteiger partial charge in [0.2, 0.25) is 0 Å². The van der Waals surface area contributed by atoms with Crippen LogP contribution in [0, 0.1) is 0 Å². The molecule has 1 radical (unpaired) electrons. The third-order valence-electron chi connectivity index (χ3n) is 0.213. The van der Waals surface area contributed by atoms with Crippen LogP contribution in [0.5, 0.6) is 0 Å². The molecule has 0 rings (SSSR count). The van der Waals surface area contributed by atoms with Gasteiger partial charge in [0.1, 0.15) is 0 Å². The second-order valence-corrected chi connectivity index (χ2v) is 3.68. The van der Waals surface area contributed by atoms with Crippen molar-refractivity contribution >= 4 is 15.6 Å². The van der Waals surface area contributed by atoms with Crippen LogP contribution in [-0.2, 0) is 32.9 Å². The van der Waals surface area contributed by atoms with Crippen molar-refractivity contribution in [2.45, 2.75) is 0 Å². The quantitative estimate of drug-likeness (QED) is 0.385. The summed E-state index contributed by atoms with van der Waals surface area (Å²) in [6.07, 6.45) is 0. The molecule has 10 heavy (non-hydrogen) atoms. The summed E-state index contributed by atoms with van der Waals surface area (Å²) < 4.78 is 22.2. The van der Waals surface area contributed by atoms with Crippen molar-refractivity contribution in [3.8, 4) is 0 Å². The molecular weight excluding hydrogens is 277 g/mol. The minimum atomic E-state index is -5.05. The molecule has 0 bridgehead atoms. The van der Waals surface area contributed by atoms with Crippen LogP contribution in [-0.4, -0.2) is 19.6 Å². The smallest absolute Gasteiger partial charge is 0.302 e. The fourth-order valence-electron chi connectivity index (χ4n) is 0.139. The first-order valence-corrected chi connectivity index (χ1v) is 4.59. The summed E-state index contributed by atoms with van der Waals surface area (Å²) in [7, 11) is -10.1. The van der Waals surface area contributed by atoms with Crippen LogP contribution in [0.4, 0.5) is 0 Å². The molecule has 0 amide bonds. The molecule has 0 unspecified atom stereocenters. The Labute approximate surface area is 68.6 Å². The van der Waals surface area contributed by atoms with E-state index in [1.165, 1.54) is 0 Å². The van der Waals surface area contributed by atoms with Gasteiger partial charge in [-0.2, -0.15) is 4.31 Å². The summed E-state index contributed by atoms with van der Waals surface area (Å²) >= 11 is 0. The molecule has 10 heteroatoms. The fraction of sp³-hybridized carbons (Fsp3) is 0. The second-order valence-electron chi connectivity index (χ2n) is 1.06. The van der Waals surface area contributed by atoms with E-state index in [2.05, 4.69) is 4.31 Å². The molecule has 7 nitrogen and oxygen atoms in total. The molecule has 65 valence electrons. The molecule has 4 N–H and O–H groups in total. The summed E-state index contributed by atoms with van der Waals surface area (Å²) in [6, 6.07) is 0. The van der Waals surface area contributed by atoms with Crippen molar-refractivity contribution in [3.63, 3.8) is 0 Å². The zero-order valence-electron chi connectivity index (χ0n) is 4.24. The summed E-state index contributed by atoms with van der Waals surface area (Å²) in [5.41, 5.74) is 0. The Hall–Kier alpha value is 0.883. The molecule has 0 atom stereocenters. The van der Waals surface area contributed by atoms with E-state index in [9.17, 15) is 9.13 Å². The number of rotatable bonds is 2. The molecule has 0 heterocycles. The Kier molecular flexibility index (Phi) is 5.45. The van der Waals surface area contributed by atoms with Gasteiger partial charge in [0.05, 0.1) is 0 Å². The van der Waals surface area contributed by atoms with Crippen LogP contribution < -0.4 is 0 Å². The third-order valence-corrected chi connectivity index (χ3v) is 1.91. The van der Waals surface area contributed by atoms with Gasteiger partial charge in [-0.05, 0) is 0 Å². The molecule has 0 aliphatic rings. The zero-order chi connectivity index (χ0) is 7.71. The second kappa shape index (κ2) is 4.05. The molecule has 0 aliphatic heterocycles. The molecule has 0 spiro atoms. The van der Waals surface area contributed by atoms with Crippen molar-refractivity contribution in [3.05, 3.63) is 0 Å². The number of hydrogen-bond donors (Lipinski definition) is 4. The standard InChI is InChI=1S/H4O7P2.Rh/c1-8(2,3)7-9(4,5)6;/h(H2,1,2,3)(H2,4,5,6);. The van der Waals surface area contributed by atoms with Gasteiger partial charge in [0, 0.05) is 19.5 Å². The Morgan fingerprint density at radius 3 is 1.10 bits per heavy atom. The molecule has 0 saturated carbocycles. The minimum absolute atomic E-state index is 0. The fourth-order valence-corrected chi connectivity index (χ4v) is 1.25. The van der Waals surface area contributed by atoms with Gasteiger partial charge >= 0.3 is 15.6 Å². The SMILES string of the molecule is O=P(O)(O)OP(=O)(O)O.[Rh]. The van der Waals surface area contributed by atoms with E-state index in [-0.39, 0.29) is 19.5 Å². The van der Waals surface area contributed by atoms with Crippen molar-refractivity contribution in [2.24, 2.45) is 0 Å². The van der Waals surface area contributed by atoms with Crippen molar-refractivity contribution in [1.29, 1.82) is 0 Å². The Balaban J connectivity index is 0. The topological polar surface area (TPSA) is 124 Å². The molecule has 0 aliphatic carbocycles. The van der Waals surface area contributed by atoms with Crippen LogP contribution >= 0.6 is 15.6 Å². The van der Waals surface area contributed by atoms with Crippen LogP contribution in [0.3, 0.4) is 0 Å². The first-order chi connectivity index (χ1) is 3.71. The monoisotopic (exact) mass is 281 g/mol. The Morgan fingerprint density at radius 2 is 1.10 bits per heavy atom. The molecule has 0 fully saturated rings. The first kappa shape index (κ1) is 13.5. The minimum Gasteiger partial charge on any atom is -0.302 e. The Bertz CT molecular complexity index is 152. The largest absolute Gasteiger partial charge is 0.478 e. The average Bonchev–Trinajstić information content (AvgIpc) is 1.14. The van der Waals surface area contributed by atoms with E-state index >= 15 is 0 Å². The van der Waals surface area contributed by atoms with Crippen LogP contribution in [0.2, 0.25) is 0 Å². The van der Waals surface area contributed by atoms with Crippen molar-refractivity contribution in [1.82, 2.24) is 0 Å². The maximum atomic E-state index is 9.63. The van der Waals surface area contributed by atoms with Crippen molar-refractivity contribution < 1.29 is 52.5 Å². The molecule has 0 aromatic heterocycles. The van der Waals surface area contributed by atoms with E-state index in [1.54, 1.807) is 0 Å².